The van der Waals surface area contributed by atoms with E-state index in [0.717, 1.165) is 0 Å². The Kier molecular flexibility index (Phi) is 2.85. The Morgan fingerprint density at radius 2 is 2.15 bits per heavy atom. The summed E-state index contributed by atoms with van der Waals surface area (Å²) in [4.78, 5) is 21.8. The highest BCUT2D eigenvalue weighted by Crippen LogP contribution is 2.35. The number of nitrogens with two attached hydrogens (primary N) is 1. The minimum absolute atomic E-state index is 0.00451. The molecular formula is C11H17N5O4. The molecule has 0 aromatic carbocycles. The van der Waals surface area contributed by atoms with Gasteiger partial charge in [-0.3, -0.25) is 9.78 Å². The van der Waals surface area contributed by atoms with Crippen LogP contribution >= 0.6 is 0 Å². The van der Waals surface area contributed by atoms with Crippen LogP contribution in [0.25, 0.3) is 0 Å². The second-order valence-corrected chi connectivity index (χ2v) is 5.15. The largest absolute Gasteiger partial charge is 0.388 e. The van der Waals surface area contributed by atoms with Crippen LogP contribution in [0.5, 0.6) is 0 Å². The van der Waals surface area contributed by atoms with Crippen LogP contribution < -0.4 is 21.1 Å². The summed E-state index contributed by atoms with van der Waals surface area (Å²) in [6.45, 7) is 1.99. The molecule has 0 aliphatic carbocycles. The number of hydrogen-bond acceptors (Lipinski definition) is 8. The highest BCUT2D eigenvalue weighted by Gasteiger charge is 2.46. The molecule has 9 heteroatoms. The van der Waals surface area contributed by atoms with Crippen LogP contribution in [0.1, 0.15) is 6.92 Å². The average molecular weight is 283 g/mol. The molecule has 3 rings (SSSR count). The third-order valence-electron chi connectivity index (χ3n) is 3.70. The van der Waals surface area contributed by atoms with Crippen molar-refractivity contribution in [3.63, 3.8) is 0 Å². The molecule has 1 aromatic rings. The molecule has 0 radical (unpaired) electrons. The van der Waals surface area contributed by atoms with Crippen LogP contribution in [-0.2, 0) is 4.74 Å². The number of aliphatic hydroxyl groups is 2. The number of H-pyrrole nitrogens is 1. The van der Waals surface area contributed by atoms with Crippen LogP contribution in [0, 0.1) is 0 Å². The monoisotopic (exact) mass is 283 g/mol. The molecule has 3 heterocycles. The first-order valence-electron chi connectivity index (χ1n) is 6.29. The maximum absolute atomic E-state index is 11.9. The summed E-state index contributed by atoms with van der Waals surface area (Å²) >= 11 is 0. The molecule has 1 unspecified atom stereocenters. The van der Waals surface area contributed by atoms with Gasteiger partial charge in [0.15, 0.2) is 12.0 Å². The first kappa shape index (κ1) is 13.2. The van der Waals surface area contributed by atoms with Crippen molar-refractivity contribution in [3.05, 3.63) is 10.4 Å². The summed E-state index contributed by atoms with van der Waals surface area (Å²) in [5, 5.41) is 19.9. The van der Waals surface area contributed by atoms with Crippen molar-refractivity contribution in [2.24, 2.45) is 0 Å². The number of nitrogens with one attached hydrogen (secondary N) is 1. The number of aromatic amines is 1. The quantitative estimate of drug-likeness (QED) is 0.467. The van der Waals surface area contributed by atoms with E-state index in [1.54, 1.807) is 23.8 Å². The molecular weight excluding hydrogens is 266 g/mol. The van der Waals surface area contributed by atoms with Crippen LogP contribution in [0.4, 0.5) is 17.5 Å². The molecule has 9 nitrogen and oxygen atoms in total. The van der Waals surface area contributed by atoms with Gasteiger partial charge in [-0.1, -0.05) is 0 Å². The molecule has 110 valence electrons. The predicted molar refractivity (Wildman–Crippen MR) is 71.4 cm³/mol. The van der Waals surface area contributed by atoms with E-state index in [9.17, 15) is 15.0 Å². The molecule has 0 bridgehead atoms. The number of ether oxygens (including phenoxy) is 1. The van der Waals surface area contributed by atoms with E-state index in [-0.39, 0.29) is 11.5 Å². The van der Waals surface area contributed by atoms with Crippen LogP contribution in [0.3, 0.4) is 0 Å². The zero-order valence-corrected chi connectivity index (χ0v) is 11.1. The fourth-order valence-corrected chi connectivity index (χ4v) is 2.67. The van der Waals surface area contributed by atoms with E-state index in [0.29, 0.717) is 18.2 Å². The predicted octanol–water partition coefficient (Wildman–Crippen LogP) is -1.97. The van der Waals surface area contributed by atoms with Crippen molar-refractivity contribution in [2.75, 3.05) is 29.2 Å². The van der Waals surface area contributed by atoms with Crippen molar-refractivity contribution in [1.82, 2.24) is 9.97 Å². The van der Waals surface area contributed by atoms with Gasteiger partial charge in [-0.2, -0.15) is 4.98 Å². The van der Waals surface area contributed by atoms with Crippen LogP contribution in [0.15, 0.2) is 4.79 Å². The van der Waals surface area contributed by atoms with E-state index in [2.05, 4.69) is 9.97 Å². The molecule has 20 heavy (non-hydrogen) atoms. The number of nitrogen functional groups attached to an aromatic ring is 1. The third kappa shape index (κ3) is 1.74. The van der Waals surface area contributed by atoms with Crippen molar-refractivity contribution in [1.29, 1.82) is 0 Å². The number of aromatic nitrogens is 2. The van der Waals surface area contributed by atoms with Gasteiger partial charge in [0.1, 0.15) is 17.9 Å². The number of rotatable bonds is 1. The highest BCUT2D eigenvalue weighted by atomic mass is 16.6. The normalized spacial score (nSPS) is 32.8. The summed E-state index contributed by atoms with van der Waals surface area (Å²) in [5.41, 5.74) is 5.58. The zero-order chi connectivity index (χ0) is 14.6. The van der Waals surface area contributed by atoms with Gasteiger partial charge in [0.05, 0.1) is 12.8 Å². The fraction of sp³-hybridized carbons (Fsp3) is 0.636. The van der Waals surface area contributed by atoms with Gasteiger partial charge in [0.25, 0.3) is 5.56 Å². The topological polar surface area (TPSA) is 128 Å². The first-order chi connectivity index (χ1) is 9.40. The zero-order valence-electron chi connectivity index (χ0n) is 11.1. The molecule has 0 amide bonds. The number of fused-ring (bicyclic) bond motifs is 1. The Balaban J connectivity index is 2.02. The Hall–Kier alpha value is -1.84. The standard InChI is InChI=1S/C11H17N5O4/c1-4-6(17)7(18)10(20-4)16-3-15(2)5-8(16)13-11(12)14-9(5)19/h4,6-7,10,17-18H,3H2,1-2H3,(H3,12,13,14,19)/t4-,6+,7?,10-/m1/s1. The Bertz CT molecular complexity index is 591. The van der Waals surface area contributed by atoms with Gasteiger partial charge in [-0.05, 0) is 6.92 Å². The number of nitrogens with zero attached hydrogens (tertiary/aromatic N) is 3. The summed E-state index contributed by atoms with van der Waals surface area (Å²) < 4.78 is 5.56. The van der Waals surface area contributed by atoms with Crippen molar-refractivity contribution in [2.45, 2.75) is 31.5 Å². The van der Waals surface area contributed by atoms with Crippen LogP contribution in [-0.4, -0.2) is 58.4 Å². The molecule has 1 fully saturated rings. The SMILES string of the molecule is C[C@H]1O[C@@H](N2CN(C)c3c2nc(N)[nH]c3=O)C(O)[C@H]1O. The van der Waals surface area contributed by atoms with Gasteiger partial charge in [0.2, 0.25) is 5.95 Å². The second-order valence-electron chi connectivity index (χ2n) is 5.15. The van der Waals surface area contributed by atoms with E-state index in [1.807, 2.05) is 0 Å². The summed E-state index contributed by atoms with van der Waals surface area (Å²) in [6.07, 6.45) is -3.32. The van der Waals surface area contributed by atoms with Crippen LogP contribution in [0.2, 0.25) is 0 Å². The summed E-state index contributed by atoms with van der Waals surface area (Å²) in [5.74, 6) is 0.342. The minimum atomic E-state index is -1.08. The Morgan fingerprint density at radius 1 is 1.45 bits per heavy atom. The molecule has 2 aliphatic rings. The van der Waals surface area contributed by atoms with E-state index < -0.39 is 24.5 Å². The van der Waals surface area contributed by atoms with E-state index in [4.69, 9.17) is 10.5 Å². The smallest absolute Gasteiger partial charge is 0.278 e. The average Bonchev–Trinajstić information content (AvgIpc) is 2.82. The van der Waals surface area contributed by atoms with E-state index >= 15 is 0 Å². The first-order valence-corrected chi connectivity index (χ1v) is 6.29. The highest BCUT2D eigenvalue weighted by molar-refractivity contribution is 5.72. The lowest BCUT2D eigenvalue weighted by atomic mass is 10.1. The minimum Gasteiger partial charge on any atom is -0.388 e. The second kappa shape index (κ2) is 4.33. The number of hydrogen-bond donors (Lipinski definition) is 4. The lowest BCUT2D eigenvalue weighted by Gasteiger charge is -2.27. The fourth-order valence-electron chi connectivity index (χ4n) is 2.67. The Labute approximate surface area is 114 Å². The van der Waals surface area contributed by atoms with Crippen molar-refractivity contribution >= 4 is 17.5 Å². The molecule has 5 N–H and O–H groups in total. The molecule has 0 saturated carbocycles. The maximum atomic E-state index is 11.9. The molecule has 1 saturated heterocycles. The number of aliphatic hydroxyl groups excluding tert-OH is 2. The third-order valence-corrected chi connectivity index (χ3v) is 3.70. The molecule has 1 aromatic heterocycles. The van der Waals surface area contributed by atoms with Gasteiger partial charge < -0.3 is 30.5 Å². The van der Waals surface area contributed by atoms with Gasteiger partial charge >= 0.3 is 0 Å². The van der Waals surface area contributed by atoms with Gasteiger partial charge in [-0.25, -0.2) is 0 Å². The summed E-state index contributed by atoms with van der Waals surface area (Å²) in [7, 11) is 1.73. The van der Waals surface area contributed by atoms with Crippen molar-refractivity contribution < 1.29 is 14.9 Å². The summed E-state index contributed by atoms with van der Waals surface area (Å²) in [6, 6.07) is 0. The van der Waals surface area contributed by atoms with Gasteiger partial charge in [-0.15, -0.1) is 0 Å². The maximum Gasteiger partial charge on any atom is 0.278 e. The molecule has 0 spiro atoms. The Morgan fingerprint density at radius 3 is 2.75 bits per heavy atom. The molecule has 4 atom stereocenters. The lowest BCUT2D eigenvalue weighted by molar-refractivity contribution is 0.0152. The molecule has 2 aliphatic heterocycles. The lowest BCUT2D eigenvalue weighted by Crippen LogP contribution is -2.45. The number of anilines is 3. The van der Waals surface area contributed by atoms with Crippen molar-refractivity contribution in [3.8, 4) is 0 Å². The van der Waals surface area contributed by atoms with E-state index in [1.165, 1.54) is 0 Å². The van der Waals surface area contributed by atoms with Gasteiger partial charge in [0, 0.05) is 7.05 Å².